The zero-order valence-corrected chi connectivity index (χ0v) is 19.8. The Kier molecular flexibility index (Phi) is 5.22. The molecule has 157 valence electrons. The molecule has 0 bridgehead atoms. The number of para-hydroxylation sites is 3. The Morgan fingerprint density at radius 1 is 0.625 bits per heavy atom. The van der Waals surface area contributed by atoms with E-state index in [4.69, 9.17) is 0 Å². The van der Waals surface area contributed by atoms with Gasteiger partial charge in [-0.1, -0.05) is 54.6 Å². The predicted octanol–water partition coefficient (Wildman–Crippen LogP) is 6.14. The molecular formula is C27H19IrN4-. The van der Waals surface area contributed by atoms with E-state index in [0.717, 1.165) is 28.6 Å². The first-order valence-electron chi connectivity index (χ1n) is 10.3. The summed E-state index contributed by atoms with van der Waals surface area (Å²) in [5.41, 5.74) is 5.40. The average molecular weight is 592 g/mol. The van der Waals surface area contributed by atoms with Crippen LogP contribution in [0.5, 0.6) is 0 Å². The van der Waals surface area contributed by atoms with Crippen molar-refractivity contribution in [2.24, 2.45) is 0 Å². The summed E-state index contributed by atoms with van der Waals surface area (Å²) in [5.74, 6) is 1.64. The number of aryl methyl sites for hydroxylation is 1. The molecule has 6 aromatic rings. The van der Waals surface area contributed by atoms with Gasteiger partial charge in [0, 0.05) is 47.6 Å². The summed E-state index contributed by atoms with van der Waals surface area (Å²) in [5, 5.41) is 11.2. The van der Waals surface area contributed by atoms with Gasteiger partial charge in [0.1, 0.15) is 5.82 Å². The quantitative estimate of drug-likeness (QED) is 0.232. The maximum absolute atomic E-state index is 4.43. The molecule has 1 radical (unpaired) electrons. The number of aromatic nitrogens is 4. The molecule has 0 aliphatic carbocycles. The van der Waals surface area contributed by atoms with Gasteiger partial charge in [-0.15, -0.1) is 34.9 Å². The molecule has 4 nitrogen and oxygen atoms in total. The smallest absolute Gasteiger partial charge is 0.125 e. The Hall–Kier alpha value is -3.53. The van der Waals surface area contributed by atoms with E-state index in [0.29, 0.717) is 0 Å². The van der Waals surface area contributed by atoms with E-state index >= 15 is 0 Å². The zero-order chi connectivity index (χ0) is 20.8. The van der Waals surface area contributed by atoms with Gasteiger partial charge in [-0.3, -0.25) is 0 Å². The number of fused-ring (bicyclic) bond motifs is 3. The monoisotopic (exact) mass is 592 g/mol. The third kappa shape index (κ3) is 3.18. The molecule has 0 saturated carbocycles. The molecule has 0 unspecified atom stereocenters. The van der Waals surface area contributed by atoms with Crippen LogP contribution in [0.25, 0.3) is 44.6 Å². The van der Waals surface area contributed by atoms with Crippen LogP contribution in [0.1, 0.15) is 5.82 Å². The summed E-state index contributed by atoms with van der Waals surface area (Å²) in [6.07, 6.45) is 0. The standard InChI is InChI=1S/C27H19N4.Ir/c1-19-28-29-27(30(19)21-9-3-2-4-10-21)20-15-17-22(18-16-20)31-25-13-7-5-11-23(25)24-12-6-8-14-26(24)31;/h2-15,17-18H,1H3;/q-1;. The zero-order valence-electron chi connectivity index (χ0n) is 17.4. The molecule has 5 heteroatoms. The molecule has 32 heavy (non-hydrogen) atoms. The van der Waals surface area contributed by atoms with Gasteiger partial charge in [-0.05, 0) is 36.9 Å². The van der Waals surface area contributed by atoms with Crippen LogP contribution in [-0.2, 0) is 20.1 Å². The second kappa shape index (κ2) is 8.19. The van der Waals surface area contributed by atoms with E-state index in [1.807, 2.05) is 31.2 Å². The van der Waals surface area contributed by atoms with Crippen molar-refractivity contribution in [3.8, 4) is 22.8 Å². The third-order valence-corrected chi connectivity index (χ3v) is 5.71. The van der Waals surface area contributed by atoms with Crippen LogP contribution < -0.4 is 0 Å². The van der Waals surface area contributed by atoms with Crippen LogP contribution in [0.2, 0.25) is 0 Å². The molecule has 0 aliphatic heterocycles. The third-order valence-electron chi connectivity index (χ3n) is 5.71. The van der Waals surface area contributed by atoms with Crippen LogP contribution in [0.15, 0.2) is 97.1 Å². The van der Waals surface area contributed by atoms with Gasteiger partial charge in [-0.2, -0.15) is 5.10 Å². The Balaban J connectivity index is 0.00000216. The van der Waals surface area contributed by atoms with E-state index in [1.54, 1.807) is 0 Å². The van der Waals surface area contributed by atoms with Gasteiger partial charge in [0.2, 0.25) is 0 Å². The van der Waals surface area contributed by atoms with Crippen LogP contribution >= 0.6 is 0 Å². The van der Waals surface area contributed by atoms with E-state index < -0.39 is 0 Å². The van der Waals surface area contributed by atoms with Gasteiger partial charge in [0.15, 0.2) is 0 Å². The van der Waals surface area contributed by atoms with Gasteiger partial charge in [0.25, 0.3) is 0 Å². The van der Waals surface area contributed by atoms with Crippen molar-refractivity contribution in [3.63, 3.8) is 0 Å². The Morgan fingerprint density at radius 2 is 1.25 bits per heavy atom. The van der Waals surface area contributed by atoms with Gasteiger partial charge < -0.3 is 9.13 Å². The second-order valence-electron chi connectivity index (χ2n) is 7.57. The number of rotatable bonds is 3. The maximum Gasteiger partial charge on any atom is 0.125 e. The van der Waals surface area contributed by atoms with Crippen molar-refractivity contribution >= 4 is 21.8 Å². The first-order valence-corrected chi connectivity index (χ1v) is 10.3. The summed E-state index contributed by atoms with van der Waals surface area (Å²) in [4.78, 5) is 0. The Labute approximate surface area is 199 Å². The van der Waals surface area contributed by atoms with Crippen molar-refractivity contribution in [1.82, 2.24) is 19.3 Å². The summed E-state index contributed by atoms with van der Waals surface area (Å²) >= 11 is 0. The molecular weight excluding hydrogens is 573 g/mol. The normalized spacial score (nSPS) is 11.0. The van der Waals surface area contributed by atoms with Gasteiger partial charge >= 0.3 is 0 Å². The van der Waals surface area contributed by atoms with Crippen molar-refractivity contribution in [2.45, 2.75) is 6.92 Å². The van der Waals surface area contributed by atoms with Crippen molar-refractivity contribution in [2.75, 3.05) is 0 Å². The fourth-order valence-corrected chi connectivity index (χ4v) is 4.32. The molecule has 0 saturated heterocycles. The molecule has 0 aliphatic rings. The molecule has 0 amide bonds. The van der Waals surface area contributed by atoms with Crippen LogP contribution in [0.3, 0.4) is 0 Å². The van der Waals surface area contributed by atoms with Crippen molar-refractivity contribution in [3.05, 3.63) is 109 Å². The molecule has 0 atom stereocenters. The minimum Gasteiger partial charge on any atom is -0.351 e. The van der Waals surface area contributed by atoms with Gasteiger partial charge in [-0.25, -0.2) is 0 Å². The molecule has 2 aromatic heterocycles. The molecule has 2 heterocycles. The SMILES string of the molecule is Cc1nnc(-c2[c-]cc(-n3c4ccccc4c4ccccc43)cc2)n1-c1ccccc1.[Ir]. The van der Waals surface area contributed by atoms with Crippen LogP contribution in [0, 0.1) is 13.0 Å². The van der Waals surface area contributed by atoms with E-state index in [-0.39, 0.29) is 20.1 Å². The van der Waals surface area contributed by atoms with E-state index in [2.05, 4.69) is 98.2 Å². The molecule has 0 N–H and O–H groups in total. The summed E-state index contributed by atoms with van der Waals surface area (Å²) in [7, 11) is 0. The summed E-state index contributed by atoms with van der Waals surface area (Å²) < 4.78 is 4.35. The predicted molar refractivity (Wildman–Crippen MR) is 125 cm³/mol. The minimum absolute atomic E-state index is 0. The Morgan fingerprint density at radius 3 is 1.88 bits per heavy atom. The van der Waals surface area contributed by atoms with E-state index in [1.165, 1.54) is 21.8 Å². The number of hydrogen-bond acceptors (Lipinski definition) is 2. The van der Waals surface area contributed by atoms with Crippen molar-refractivity contribution < 1.29 is 20.1 Å². The van der Waals surface area contributed by atoms with Gasteiger partial charge in [0.05, 0.1) is 5.82 Å². The fraction of sp³-hybridized carbons (Fsp3) is 0.0370. The topological polar surface area (TPSA) is 35.6 Å². The molecule has 0 fully saturated rings. The first kappa shape index (κ1) is 20.4. The number of nitrogens with zero attached hydrogens (tertiary/aromatic N) is 4. The van der Waals surface area contributed by atoms with Crippen LogP contribution in [-0.4, -0.2) is 19.3 Å². The Bertz CT molecular complexity index is 1480. The summed E-state index contributed by atoms with van der Waals surface area (Å²) in [6, 6.07) is 36.9. The minimum atomic E-state index is 0. The summed E-state index contributed by atoms with van der Waals surface area (Å²) in [6.45, 7) is 1.97. The first-order chi connectivity index (χ1) is 15.3. The van der Waals surface area contributed by atoms with Crippen LogP contribution in [0.4, 0.5) is 0 Å². The molecule has 0 spiro atoms. The largest absolute Gasteiger partial charge is 0.351 e. The van der Waals surface area contributed by atoms with E-state index in [9.17, 15) is 0 Å². The number of benzene rings is 4. The average Bonchev–Trinajstić information content (AvgIpc) is 3.38. The maximum atomic E-state index is 4.43. The fourth-order valence-electron chi connectivity index (χ4n) is 4.32. The second-order valence-corrected chi connectivity index (χ2v) is 7.57. The molecule has 6 rings (SSSR count). The van der Waals surface area contributed by atoms with Crippen molar-refractivity contribution in [1.29, 1.82) is 0 Å². The molecule has 4 aromatic carbocycles. The number of hydrogen-bond donors (Lipinski definition) is 0.